The van der Waals surface area contributed by atoms with Gasteiger partial charge in [-0.05, 0) is 37.1 Å². The molecule has 1 aromatic rings. The summed E-state index contributed by atoms with van der Waals surface area (Å²) < 4.78 is 5.40. The Bertz CT molecular complexity index is 672. The van der Waals surface area contributed by atoms with Crippen LogP contribution in [0.25, 0.3) is 0 Å². The van der Waals surface area contributed by atoms with Gasteiger partial charge in [0.25, 0.3) is 5.91 Å². The van der Waals surface area contributed by atoms with Crippen LogP contribution in [-0.2, 0) is 10.3 Å². The molecule has 3 N–H and O–H groups in total. The van der Waals surface area contributed by atoms with Gasteiger partial charge < -0.3 is 15.8 Å². The number of nitrogens with zero attached hydrogens (tertiary/aromatic N) is 1. The normalized spacial score (nSPS) is 23.7. The molecule has 0 aliphatic carbocycles. The van der Waals surface area contributed by atoms with Gasteiger partial charge in [-0.1, -0.05) is 23.9 Å². The van der Waals surface area contributed by atoms with E-state index in [1.54, 1.807) is 11.8 Å². The number of amidine groups is 1. The van der Waals surface area contributed by atoms with Gasteiger partial charge in [-0.2, -0.15) is 0 Å². The number of thioether (sulfide) groups is 1. The van der Waals surface area contributed by atoms with E-state index in [0.29, 0.717) is 23.9 Å². The lowest BCUT2D eigenvalue weighted by atomic mass is 9.88. The summed E-state index contributed by atoms with van der Waals surface area (Å²) in [5.41, 5.74) is 7.17. The zero-order valence-corrected chi connectivity index (χ0v) is 14.0. The first-order chi connectivity index (χ1) is 11.1. The fraction of sp³-hybridized carbons (Fsp3) is 0.412. The first-order valence-electron chi connectivity index (χ1n) is 7.75. The number of carbonyl (C=O) groups excluding carboxylic acids is 1. The van der Waals surface area contributed by atoms with E-state index < -0.39 is 0 Å². The summed E-state index contributed by atoms with van der Waals surface area (Å²) >= 11 is 1.58. The topological polar surface area (TPSA) is 76.7 Å². The van der Waals surface area contributed by atoms with Gasteiger partial charge in [0.05, 0.1) is 18.7 Å². The second kappa shape index (κ2) is 6.66. The molecule has 3 rings (SSSR count). The molecule has 0 bridgehead atoms. The number of aliphatic imine (C=N–C) groups is 1. The number of nitrogens with two attached hydrogens (primary N) is 1. The zero-order valence-electron chi connectivity index (χ0n) is 13.2. The Morgan fingerprint density at radius 3 is 3.13 bits per heavy atom. The molecule has 0 radical (unpaired) electrons. The van der Waals surface area contributed by atoms with Crippen molar-refractivity contribution in [2.45, 2.75) is 25.3 Å². The van der Waals surface area contributed by atoms with Gasteiger partial charge in [0, 0.05) is 17.7 Å². The third-order valence-corrected chi connectivity index (χ3v) is 4.94. The van der Waals surface area contributed by atoms with E-state index in [-0.39, 0.29) is 11.4 Å². The highest BCUT2D eigenvalue weighted by molar-refractivity contribution is 8.13. The summed E-state index contributed by atoms with van der Waals surface area (Å²) in [5.74, 6) is 1.67. The van der Waals surface area contributed by atoms with Gasteiger partial charge in [-0.25, -0.2) is 0 Å². The van der Waals surface area contributed by atoms with E-state index >= 15 is 0 Å². The van der Waals surface area contributed by atoms with Crippen LogP contribution in [-0.4, -0.2) is 30.0 Å². The summed E-state index contributed by atoms with van der Waals surface area (Å²) in [5, 5.41) is 3.51. The molecule has 0 aromatic heterocycles. The summed E-state index contributed by atoms with van der Waals surface area (Å²) in [6, 6.07) is 7.63. The average Bonchev–Trinajstić information content (AvgIpc) is 3.06. The molecule has 0 saturated heterocycles. The van der Waals surface area contributed by atoms with Gasteiger partial charge in [0.1, 0.15) is 5.76 Å². The standard InChI is InChI=1S/C17H21N3O2S/c1-17(7-9-23-16(18)20-17)13-5-2-4-12(10-13)15(21)19-11-14-6-3-8-22-14/h2,4-6,10H,3,7-9,11H2,1H3,(H2,18,20)(H,19,21). The van der Waals surface area contributed by atoms with Gasteiger partial charge in [-0.3, -0.25) is 9.79 Å². The first kappa shape index (κ1) is 15.9. The quantitative estimate of drug-likeness (QED) is 0.888. The third kappa shape index (κ3) is 3.69. The van der Waals surface area contributed by atoms with Gasteiger partial charge >= 0.3 is 0 Å². The molecule has 0 saturated carbocycles. The lowest BCUT2D eigenvalue weighted by Gasteiger charge is -2.30. The van der Waals surface area contributed by atoms with Crippen molar-refractivity contribution in [1.29, 1.82) is 0 Å². The Kier molecular flexibility index (Phi) is 4.61. The van der Waals surface area contributed by atoms with Crippen LogP contribution >= 0.6 is 11.8 Å². The molecule has 2 aliphatic heterocycles. The largest absolute Gasteiger partial charge is 0.496 e. The molecular formula is C17H21N3O2S. The molecule has 1 atom stereocenters. The van der Waals surface area contributed by atoms with Crippen LogP contribution in [0.4, 0.5) is 0 Å². The maximum atomic E-state index is 12.3. The van der Waals surface area contributed by atoms with Crippen molar-refractivity contribution in [2.75, 3.05) is 18.9 Å². The first-order valence-corrected chi connectivity index (χ1v) is 8.74. The Morgan fingerprint density at radius 1 is 1.52 bits per heavy atom. The predicted molar refractivity (Wildman–Crippen MR) is 93.5 cm³/mol. The van der Waals surface area contributed by atoms with Crippen molar-refractivity contribution in [2.24, 2.45) is 10.7 Å². The smallest absolute Gasteiger partial charge is 0.251 e. The van der Waals surface area contributed by atoms with Gasteiger partial charge in [-0.15, -0.1) is 0 Å². The minimum atomic E-state index is -0.358. The lowest BCUT2D eigenvalue weighted by molar-refractivity contribution is 0.0949. The van der Waals surface area contributed by atoms with Crippen LogP contribution in [0, 0.1) is 0 Å². The molecule has 2 heterocycles. The number of benzene rings is 1. The SMILES string of the molecule is CC1(c2cccc(C(=O)NCC3=CCCO3)c2)CCSC(N)=N1. The third-order valence-electron chi connectivity index (χ3n) is 4.14. The van der Waals surface area contributed by atoms with E-state index in [4.69, 9.17) is 10.5 Å². The number of hydrogen-bond donors (Lipinski definition) is 2. The maximum absolute atomic E-state index is 12.3. The fourth-order valence-corrected chi connectivity index (χ4v) is 3.73. The summed E-state index contributed by atoms with van der Waals surface area (Å²) in [6.07, 6.45) is 3.83. The second-order valence-corrected chi connectivity index (χ2v) is 7.01. The van der Waals surface area contributed by atoms with Crippen molar-refractivity contribution in [3.63, 3.8) is 0 Å². The highest BCUT2D eigenvalue weighted by Crippen LogP contribution is 2.35. The monoisotopic (exact) mass is 331 g/mol. The number of carbonyl (C=O) groups is 1. The molecule has 1 aromatic carbocycles. The maximum Gasteiger partial charge on any atom is 0.251 e. The minimum Gasteiger partial charge on any atom is -0.496 e. The molecule has 1 unspecified atom stereocenters. The molecule has 23 heavy (non-hydrogen) atoms. The molecule has 1 amide bonds. The number of ether oxygens (including phenoxy) is 1. The zero-order chi connectivity index (χ0) is 16.3. The highest BCUT2D eigenvalue weighted by atomic mass is 32.2. The molecule has 0 fully saturated rings. The van der Waals surface area contributed by atoms with Crippen molar-refractivity contribution < 1.29 is 9.53 Å². The Morgan fingerprint density at radius 2 is 2.39 bits per heavy atom. The summed E-state index contributed by atoms with van der Waals surface area (Å²) in [6.45, 7) is 3.20. The lowest BCUT2D eigenvalue weighted by Crippen LogP contribution is -2.30. The number of nitrogens with one attached hydrogen (secondary N) is 1. The Hall–Kier alpha value is -1.95. The van der Waals surface area contributed by atoms with Crippen LogP contribution in [0.2, 0.25) is 0 Å². The Labute approximate surface area is 140 Å². The predicted octanol–water partition coefficient (Wildman–Crippen LogP) is 2.39. The van der Waals surface area contributed by atoms with Gasteiger partial charge in [0.15, 0.2) is 5.17 Å². The van der Waals surface area contributed by atoms with Crippen molar-refractivity contribution >= 4 is 22.8 Å². The van der Waals surface area contributed by atoms with Crippen molar-refractivity contribution in [3.8, 4) is 0 Å². The van der Waals surface area contributed by atoms with Crippen LogP contribution in [0.3, 0.4) is 0 Å². The van der Waals surface area contributed by atoms with E-state index in [1.165, 1.54) is 0 Å². The average molecular weight is 331 g/mol. The van der Waals surface area contributed by atoms with Crippen LogP contribution < -0.4 is 11.1 Å². The minimum absolute atomic E-state index is 0.103. The van der Waals surface area contributed by atoms with E-state index in [2.05, 4.69) is 17.2 Å². The van der Waals surface area contributed by atoms with Crippen LogP contribution in [0.5, 0.6) is 0 Å². The molecule has 6 heteroatoms. The van der Waals surface area contributed by atoms with E-state index in [1.807, 2.05) is 30.3 Å². The molecule has 122 valence electrons. The molecule has 0 spiro atoms. The van der Waals surface area contributed by atoms with Crippen molar-refractivity contribution in [3.05, 3.63) is 47.2 Å². The van der Waals surface area contributed by atoms with Gasteiger partial charge in [0.2, 0.25) is 0 Å². The highest BCUT2D eigenvalue weighted by Gasteiger charge is 2.29. The fourth-order valence-electron chi connectivity index (χ4n) is 2.75. The van der Waals surface area contributed by atoms with Crippen LogP contribution in [0.15, 0.2) is 41.1 Å². The number of amides is 1. The van der Waals surface area contributed by atoms with Crippen molar-refractivity contribution in [1.82, 2.24) is 5.32 Å². The molecule has 2 aliphatic rings. The second-order valence-electron chi connectivity index (χ2n) is 5.89. The van der Waals surface area contributed by atoms with E-state index in [0.717, 1.165) is 29.9 Å². The summed E-state index contributed by atoms with van der Waals surface area (Å²) in [4.78, 5) is 16.9. The Balaban J connectivity index is 1.74. The number of hydrogen-bond acceptors (Lipinski definition) is 5. The summed E-state index contributed by atoms with van der Waals surface area (Å²) in [7, 11) is 0. The number of rotatable bonds is 4. The molecular weight excluding hydrogens is 310 g/mol. The van der Waals surface area contributed by atoms with E-state index in [9.17, 15) is 4.79 Å². The van der Waals surface area contributed by atoms with Crippen LogP contribution in [0.1, 0.15) is 35.7 Å². The molecule has 5 nitrogen and oxygen atoms in total.